The molecule has 0 radical (unpaired) electrons. The number of carbonyl (C=O) groups excluding carboxylic acids is 2. The molecule has 1 rings (SSSR count). The van der Waals surface area contributed by atoms with Crippen molar-refractivity contribution < 1.29 is 24.2 Å². The molecule has 0 aliphatic rings. The first-order valence-corrected chi connectivity index (χ1v) is 6.66. The van der Waals surface area contributed by atoms with Gasteiger partial charge in [-0.15, -0.1) is 0 Å². The van der Waals surface area contributed by atoms with E-state index in [0.29, 0.717) is 5.75 Å². The highest BCUT2D eigenvalue weighted by Gasteiger charge is 2.15. The number of aliphatic hydroxyl groups excluding tert-OH is 1. The van der Waals surface area contributed by atoms with Crippen LogP contribution in [0, 0.1) is 13.8 Å². The summed E-state index contributed by atoms with van der Waals surface area (Å²) >= 11 is 0. The van der Waals surface area contributed by atoms with Gasteiger partial charge in [0.25, 0.3) is 0 Å². The molecule has 0 aromatic heterocycles. The van der Waals surface area contributed by atoms with Gasteiger partial charge in [0.1, 0.15) is 5.75 Å². The zero-order chi connectivity index (χ0) is 15.8. The van der Waals surface area contributed by atoms with Crippen molar-refractivity contribution in [2.75, 3.05) is 20.3 Å². The van der Waals surface area contributed by atoms with Gasteiger partial charge in [-0.2, -0.15) is 0 Å². The fraction of sp³-hybridized carbons (Fsp3) is 0.467. The van der Waals surface area contributed by atoms with Gasteiger partial charge in [0, 0.05) is 0 Å². The van der Waals surface area contributed by atoms with Crippen LogP contribution in [-0.2, 0) is 14.3 Å². The summed E-state index contributed by atoms with van der Waals surface area (Å²) in [5.41, 5.74) is 2.30. The third kappa shape index (κ3) is 5.83. The number of hydrogen-bond acceptors (Lipinski definition) is 5. The van der Waals surface area contributed by atoms with E-state index in [1.54, 1.807) is 0 Å². The number of esters is 1. The molecule has 0 saturated heterocycles. The minimum atomic E-state index is -1.35. The van der Waals surface area contributed by atoms with Crippen LogP contribution in [0.5, 0.6) is 5.75 Å². The van der Waals surface area contributed by atoms with Crippen molar-refractivity contribution in [3.8, 4) is 5.75 Å². The maximum Gasteiger partial charge on any atom is 0.336 e. The number of ether oxygens (including phenoxy) is 2. The second-order valence-corrected chi connectivity index (χ2v) is 4.69. The molecule has 0 fully saturated rings. The van der Waals surface area contributed by atoms with Crippen molar-refractivity contribution in [1.29, 1.82) is 0 Å². The Balaban J connectivity index is 2.27. The molecule has 1 atom stereocenters. The molecule has 21 heavy (non-hydrogen) atoms. The lowest BCUT2D eigenvalue weighted by Gasteiger charge is -2.11. The average Bonchev–Trinajstić information content (AvgIpc) is 2.47. The van der Waals surface area contributed by atoms with Crippen LogP contribution in [0.25, 0.3) is 0 Å². The van der Waals surface area contributed by atoms with Gasteiger partial charge in [-0.05, 0) is 37.1 Å². The number of carbonyl (C=O) groups is 2. The molecule has 0 saturated carbocycles. The Bertz CT molecular complexity index is 501. The van der Waals surface area contributed by atoms with Crippen LogP contribution in [0.15, 0.2) is 18.2 Å². The molecule has 1 unspecified atom stereocenters. The largest absolute Gasteiger partial charge is 0.493 e. The first-order valence-electron chi connectivity index (χ1n) is 6.66. The van der Waals surface area contributed by atoms with Gasteiger partial charge in [0.05, 0.1) is 26.7 Å². The van der Waals surface area contributed by atoms with E-state index in [1.165, 1.54) is 12.7 Å². The van der Waals surface area contributed by atoms with Crippen molar-refractivity contribution in [2.24, 2.45) is 0 Å². The van der Waals surface area contributed by atoms with E-state index in [-0.39, 0.29) is 25.5 Å². The fourth-order valence-corrected chi connectivity index (χ4v) is 1.58. The summed E-state index contributed by atoms with van der Waals surface area (Å²) in [5.74, 6) is -0.371. The van der Waals surface area contributed by atoms with Gasteiger partial charge in [-0.25, -0.2) is 4.79 Å². The van der Waals surface area contributed by atoms with Crippen molar-refractivity contribution in [1.82, 2.24) is 5.32 Å². The molecule has 116 valence electrons. The molecule has 0 heterocycles. The predicted octanol–water partition coefficient (Wildman–Crippen LogP) is 0.722. The number of benzene rings is 1. The van der Waals surface area contributed by atoms with Crippen molar-refractivity contribution in [3.05, 3.63) is 29.3 Å². The summed E-state index contributed by atoms with van der Waals surface area (Å²) in [7, 11) is 1.17. The molecule has 2 N–H and O–H groups in total. The van der Waals surface area contributed by atoms with Crippen LogP contribution in [0.3, 0.4) is 0 Å². The van der Waals surface area contributed by atoms with Crippen LogP contribution in [-0.4, -0.2) is 43.3 Å². The van der Waals surface area contributed by atoms with E-state index < -0.39 is 12.1 Å². The minimum Gasteiger partial charge on any atom is -0.493 e. The topological polar surface area (TPSA) is 84.9 Å². The monoisotopic (exact) mass is 295 g/mol. The van der Waals surface area contributed by atoms with E-state index in [2.05, 4.69) is 10.1 Å². The summed E-state index contributed by atoms with van der Waals surface area (Å²) in [5, 5.41) is 11.7. The molecule has 6 nitrogen and oxygen atoms in total. The van der Waals surface area contributed by atoms with Crippen molar-refractivity contribution in [2.45, 2.75) is 26.4 Å². The van der Waals surface area contributed by atoms with Crippen LogP contribution >= 0.6 is 0 Å². The molecule has 1 amide bonds. The van der Waals surface area contributed by atoms with Crippen LogP contribution in [0.1, 0.15) is 17.5 Å². The first-order chi connectivity index (χ1) is 9.93. The molecular formula is C15H21NO5. The normalized spacial score (nSPS) is 11.6. The standard InChI is InChI=1S/C15H21NO5/c1-10-4-5-12(8-11(10)2)21-7-6-14(18)16-9-13(17)15(19)20-3/h4-5,8,13,17H,6-7,9H2,1-3H3,(H,16,18). The SMILES string of the molecule is COC(=O)C(O)CNC(=O)CCOc1ccc(C)c(C)c1. The van der Waals surface area contributed by atoms with Crippen molar-refractivity contribution >= 4 is 11.9 Å². The number of hydrogen-bond donors (Lipinski definition) is 2. The van der Waals surface area contributed by atoms with Gasteiger partial charge < -0.3 is 19.9 Å². The fourth-order valence-electron chi connectivity index (χ4n) is 1.58. The number of nitrogens with one attached hydrogen (secondary N) is 1. The number of amides is 1. The molecule has 6 heteroatoms. The zero-order valence-corrected chi connectivity index (χ0v) is 12.5. The summed E-state index contributed by atoms with van der Waals surface area (Å²) < 4.78 is 9.81. The smallest absolute Gasteiger partial charge is 0.336 e. The van der Waals surface area contributed by atoms with Gasteiger partial charge in [-0.3, -0.25) is 4.79 Å². The Morgan fingerprint density at radius 1 is 1.29 bits per heavy atom. The summed E-state index contributed by atoms with van der Waals surface area (Å²) in [6.45, 7) is 4.06. The highest BCUT2D eigenvalue weighted by atomic mass is 16.5. The van der Waals surface area contributed by atoms with Gasteiger partial charge in [0.15, 0.2) is 6.10 Å². The third-order valence-corrected chi connectivity index (χ3v) is 3.04. The third-order valence-electron chi connectivity index (χ3n) is 3.04. The molecular weight excluding hydrogens is 274 g/mol. The van der Waals surface area contributed by atoms with Crippen LogP contribution in [0.4, 0.5) is 0 Å². The molecule has 1 aromatic carbocycles. The Morgan fingerprint density at radius 3 is 2.62 bits per heavy atom. The Morgan fingerprint density at radius 2 is 2.00 bits per heavy atom. The molecule has 0 spiro atoms. The quantitative estimate of drug-likeness (QED) is 0.724. The lowest BCUT2D eigenvalue weighted by molar-refractivity contribution is -0.150. The second-order valence-electron chi connectivity index (χ2n) is 4.69. The van der Waals surface area contributed by atoms with E-state index in [4.69, 9.17) is 4.74 Å². The maximum atomic E-state index is 11.5. The highest BCUT2D eigenvalue weighted by Crippen LogP contribution is 2.16. The number of rotatable bonds is 7. The number of methoxy groups -OCH3 is 1. The Hall–Kier alpha value is -2.08. The predicted molar refractivity (Wildman–Crippen MR) is 77.1 cm³/mol. The summed E-state index contributed by atoms with van der Waals surface area (Å²) in [6, 6.07) is 5.72. The van der Waals surface area contributed by atoms with Crippen molar-refractivity contribution in [3.63, 3.8) is 0 Å². The first kappa shape index (κ1) is 17.0. The number of aryl methyl sites for hydroxylation is 2. The lowest BCUT2D eigenvalue weighted by Crippen LogP contribution is -2.37. The molecule has 0 aliphatic carbocycles. The second kappa shape index (κ2) is 8.26. The molecule has 0 bridgehead atoms. The number of aliphatic hydroxyl groups is 1. The Kier molecular flexibility index (Phi) is 6.68. The van der Waals surface area contributed by atoms with Crippen LogP contribution in [0.2, 0.25) is 0 Å². The minimum absolute atomic E-state index is 0.140. The van der Waals surface area contributed by atoms with Gasteiger partial charge >= 0.3 is 5.97 Å². The summed E-state index contributed by atoms with van der Waals surface area (Å²) in [6.07, 6.45) is -1.21. The molecule has 0 aliphatic heterocycles. The van der Waals surface area contributed by atoms with Crippen LogP contribution < -0.4 is 10.1 Å². The van der Waals surface area contributed by atoms with E-state index in [0.717, 1.165) is 5.56 Å². The maximum absolute atomic E-state index is 11.5. The van der Waals surface area contributed by atoms with E-state index in [1.807, 2.05) is 32.0 Å². The summed E-state index contributed by atoms with van der Waals surface area (Å²) in [4.78, 5) is 22.4. The zero-order valence-electron chi connectivity index (χ0n) is 12.5. The lowest BCUT2D eigenvalue weighted by atomic mass is 10.1. The highest BCUT2D eigenvalue weighted by molar-refractivity contribution is 5.78. The average molecular weight is 295 g/mol. The Labute approximate surface area is 124 Å². The van der Waals surface area contributed by atoms with E-state index in [9.17, 15) is 14.7 Å². The van der Waals surface area contributed by atoms with Gasteiger partial charge in [-0.1, -0.05) is 6.07 Å². The molecule has 1 aromatic rings. The van der Waals surface area contributed by atoms with E-state index >= 15 is 0 Å². The van der Waals surface area contributed by atoms with Gasteiger partial charge in [0.2, 0.25) is 5.91 Å².